The number of aromatic nitrogens is 4. The Morgan fingerprint density at radius 1 is 1.31 bits per heavy atom. The van der Waals surface area contributed by atoms with Crippen LogP contribution in [0.1, 0.15) is 27.0 Å². The van der Waals surface area contributed by atoms with Crippen LogP contribution in [0, 0.1) is 0 Å². The van der Waals surface area contributed by atoms with Crippen LogP contribution >= 0.6 is 19.3 Å². The molecule has 1 saturated heterocycles. The average Bonchev–Trinajstić information content (AvgIpc) is 3.36. The number of anilines is 2. The van der Waals surface area contributed by atoms with E-state index in [-0.39, 0.29) is 28.7 Å². The Kier molecular flexibility index (Phi) is 8.30. The summed E-state index contributed by atoms with van der Waals surface area (Å²) in [7, 11) is -4.33. The number of aliphatic hydroxyl groups excluding tert-OH is 1. The molecule has 17 heteroatoms. The number of aliphatic hydroxyl groups is 1. The number of carbonyl (C=O) groups is 1. The highest BCUT2D eigenvalue weighted by atomic mass is 35.5. The van der Waals surface area contributed by atoms with Crippen LogP contribution in [0.5, 0.6) is 5.75 Å². The van der Waals surface area contributed by atoms with Gasteiger partial charge in [0, 0.05) is 0 Å². The first-order valence-electron chi connectivity index (χ1n) is 11.7. The second-order valence-corrected chi connectivity index (χ2v) is 11.2. The van der Waals surface area contributed by atoms with Gasteiger partial charge < -0.3 is 30.6 Å². The van der Waals surface area contributed by atoms with Crippen LogP contribution in [0.4, 0.5) is 16.2 Å². The van der Waals surface area contributed by atoms with Gasteiger partial charge in [0.05, 0.1) is 19.0 Å². The second-order valence-electron chi connectivity index (χ2n) is 8.97. The minimum absolute atomic E-state index is 0.0127. The van der Waals surface area contributed by atoms with Crippen LogP contribution in [0.2, 0.25) is 0 Å². The van der Waals surface area contributed by atoms with Crippen molar-refractivity contribution in [3.63, 3.8) is 0 Å². The third kappa shape index (κ3) is 6.24. The third-order valence-electron chi connectivity index (χ3n) is 5.53. The van der Waals surface area contributed by atoms with Crippen LogP contribution < -0.4 is 21.1 Å². The number of esters is 1. The standard InChI is InChI=1S/C22H28ClFN7O7P/c1-11(2)36-19(33)12(3)30-39(34,38-13-7-5-4-6-8-13)35-9-14-16(32)22(23,24)20(37-14)31-10-27-15-17(25)28-21(26)29-18(15)31/h4-8,10-12,14,16,20,32H,9H2,1-3H3,(H,30,34)(H4,25,26,28,29)/t12?,14-,16-,20-,22+,39?/m1/s1. The van der Waals surface area contributed by atoms with Crippen LogP contribution in [-0.2, 0) is 23.4 Å². The van der Waals surface area contributed by atoms with E-state index in [1.165, 1.54) is 19.1 Å². The Bertz CT molecular complexity index is 1380. The summed E-state index contributed by atoms with van der Waals surface area (Å²) in [4.78, 5) is 24.2. The monoisotopic (exact) mass is 587 g/mol. The number of halogens is 2. The highest BCUT2D eigenvalue weighted by Crippen LogP contribution is 2.49. The molecule has 0 saturated carbocycles. The maximum absolute atomic E-state index is 15.6. The summed E-state index contributed by atoms with van der Waals surface area (Å²) in [6.07, 6.45) is -4.35. The molecule has 4 rings (SSSR count). The van der Waals surface area contributed by atoms with Crippen LogP contribution in [0.25, 0.3) is 11.2 Å². The number of imidazole rings is 1. The molecule has 0 radical (unpaired) electrons. The van der Waals surface area contributed by atoms with Gasteiger partial charge in [-0.3, -0.25) is 13.9 Å². The van der Waals surface area contributed by atoms with Gasteiger partial charge in [-0.25, -0.2) is 13.9 Å². The number of benzene rings is 1. The highest BCUT2D eigenvalue weighted by Gasteiger charge is 2.58. The molecule has 3 heterocycles. The molecule has 6 atom stereocenters. The van der Waals surface area contributed by atoms with Crippen molar-refractivity contribution in [2.24, 2.45) is 0 Å². The maximum Gasteiger partial charge on any atom is 0.459 e. The van der Waals surface area contributed by atoms with E-state index in [4.69, 9.17) is 41.6 Å². The molecule has 212 valence electrons. The van der Waals surface area contributed by atoms with Crippen molar-refractivity contribution < 1.29 is 37.4 Å². The Hall–Kier alpha value is -3.07. The van der Waals surface area contributed by atoms with Crippen molar-refractivity contribution >= 4 is 48.2 Å². The van der Waals surface area contributed by atoms with E-state index in [0.717, 1.165) is 10.9 Å². The third-order valence-corrected chi connectivity index (χ3v) is 7.59. The summed E-state index contributed by atoms with van der Waals surface area (Å²) in [5, 5.41) is 10.3. The largest absolute Gasteiger partial charge is 0.462 e. The summed E-state index contributed by atoms with van der Waals surface area (Å²) in [5.74, 6) is -0.808. The molecule has 0 aliphatic carbocycles. The molecule has 2 aromatic heterocycles. The number of nitrogen functional groups attached to an aromatic ring is 2. The predicted octanol–water partition coefficient (Wildman–Crippen LogP) is 2.29. The fourth-order valence-corrected chi connectivity index (χ4v) is 5.54. The van der Waals surface area contributed by atoms with Gasteiger partial charge >= 0.3 is 13.7 Å². The molecule has 3 aromatic rings. The topological polar surface area (TPSA) is 199 Å². The van der Waals surface area contributed by atoms with E-state index in [1.807, 2.05) is 0 Å². The van der Waals surface area contributed by atoms with E-state index in [0.29, 0.717) is 0 Å². The zero-order valence-electron chi connectivity index (χ0n) is 21.1. The Morgan fingerprint density at radius 3 is 2.67 bits per heavy atom. The van der Waals surface area contributed by atoms with Gasteiger partial charge in [0.1, 0.15) is 29.5 Å². The lowest BCUT2D eigenvalue weighted by Gasteiger charge is -2.25. The lowest BCUT2D eigenvalue weighted by atomic mass is 10.1. The molecule has 14 nitrogen and oxygen atoms in total. The fraction of sp³-hybridized carbons (Fsp3) is 0.455. The Balaban J connectivity index is 1.55. The molecule has 0 amide bonds. The first-order valence-corrected chi connectivity index (χ1v) is 13.7. The molecule has 2 unspecified atom stereocenters. The number of rotatable bonds is 10. The van der Waals surface area contributed by atoms with E-state index in [9.17, 15) is 14.5 Å². The molecule has 1 aliphatic heterocycles. The fourth-order valence-electron chi connectivity index (χ4n) is 3.74. The highest BCUT2D eigenvalue weighted by molar-refractivity contribution is 7.52. The number of nitrogens with zero attached hydrogens (tertiary/aromatic N) is 4. The lowest BCUT2D eigenvalue weighted by Crippen LogP contribution is -2.40. The lowest BCUT2D eigenvalue weighted by molar-refractivity contribution is -0.149. The van der Waals surface area contributed by atoms with Crippen LogP contribution in [-0.4, -0.2) is 66.7 Å². The number of fused-ring (bicyclic) bond motifs is 1. The van der Waals surface area contributed by atoms with Gasteiger partial charge in [0.2, 0.25) is 5.95 Å². The molecular weight excluding hydrogens is 560 g/mol. The van der Waals surface area contributed by atoms with Gasteiger partial charge in [-0.1, -0.05) is 29.8 Å². The van der Waals surface area contributed by atoms with Crippen molar-refractivity contribution in [1.29, 1.82) is 0 Å². The average molecular weight is 588 g/mol. The van der Waals surface area contributed by atoms with Crippen molar-refractivity contribution in [1.82, 2.24) is 24.6 Å². The van der Waals surface area contributed by atoms with Gasteiger partial charge in [0.15, 0.2) is 17.7 Å². The Labute approximate surface area is 227 Å². The summed E-state index contributed by atoms with van der Waals surface area (Å²) in [6, 6.07) is 6.89. The zero-order chi connectivity index (χ0) is 28.5. The minimum Gasteiger partial charge on any atom is -0.462 e. The summed E-state index contributed by atoms with van der Waals surface area (Å²) >= 11 is 6.08. The van der Waals surface area contributed by atoms with Crippen LogP contribution in [0.15, 0.2) is 36.7 Å². The molecule has 1 aliphatic rings. The van der Waals surface area contributed by atoms with Crippen molar-refractivity contribution in [2.75, 3.05) is 18.1 Å². The number of hydrogen-bond acceptors (Lipinski definition) is 12. The quantitative estimate of drug-likeness (QED) is 0.153. The van der Waals surface area contributed by atoms with Gasteiger partial charge in [0.25, 0.3) is 5.13 Å². The Morgan fingerprint density at radius 2 is 2.00 bits per heavy atom. The van der Waals surface area contributed by atoms with Crippen LogP contribution in [0.3, 0.4) is 0 Å². The number of nitrogens with two attached hydrogens (primary N) is 2. The SMILES string of the molecule is CC(C)OC(=O)C(C)NP(=O)(OC[C@H]1O[C@@H](n2cnc3c(N)nc(N)nc32)[C@](F)(Cl)[C@@H]1O)Oc1ccccc1. The number of ether oxygens (including phenoxy) is 2. The molecule has 6 N–H and O–H groups in total. The summed E-state index contributed by atoms with van der Waals surface area (Å²) < 4.78 is 52.3. The maximum atomic E-state index is 15.6. The van der Waals surface area contributed by atoms with E-state index < -0.39 is 56.0 Å². The van der Waals surface area contributed by atoms with E-state index in [2.05, 4.69) is 20.0 Å². The first kappa shape index (κ1) is 28.9. The second kappa shape index (κ2) is 11.2. The van der Waals surface area contributed by atoms with E-state index >= 15 is 4.39 Å². The summed E-state index contributed by atoms with van der Waals surface area (Å²) in [6.45, 7) is 4.06. The predicted molar refractivity (Wildman–Crippen MR) is 138 cm³/mol. The smallest absolute Gasteiger partial charge is 0.459 e. The molecule has 0 spiro atoms. The van der Waals surface area contributed by atoms with E-state index in [1.54, 1.807) is 32.0 Å². The normalized spacial score (nSPS) is 25.5. The number of carbonyl (C=O) groups excluding carboxylic acids is 1. The zero-order valence-corrected chi connectivity index (χ0v) is 22.8. The minimum atomic E-state index is -4.33. The molecular formula is C22H28ClFN7O7P. The van der Waals surface area contributed by atoms with Crippen molar-refractivity contribution in [3.05, 3.63) is 36.7 Å². The molecule has 1 fully saturated rings. The summed E-state index contributed by atoms with van der Waals surface area (Å²) in [5.41, 5.74) is 11.6. The number of para-hydroxylation sites is 1. The van der Waals surface area contributed by atoms with Crippen molar-refractivity contribution in [3.8, 4) is 5.75 Å². The molecule has 39 heavy (non-hydrogen) atoms. The van der Waals surface area contributed by atoms with Gasteiger partial charge in [-0.05, 0) is 32.9 Å². The number of alkyl halides is 2. The molecule has 1 aromatic carbocycles. The molecule has 0 bridgehead atoms. The van der Waals surface area contributed by atoms with Gasteiger partial charge in [-0.15, -0.1) is 0 Å². The number of nitrogens with one attached hydrogen (secondary N) is 1. The van der Waals surface area contributed by atoms with Crippen molar-refractivity contribution in [2.45, 2.75) is 56.5 Å². The number of hydrogen-bond donors (Lipinski definition) is 4. The van der Waals surface area contributed by atoms with Gasteiger partial charge in [-0.2, -0.15) is 15.1 Å². The first-order chi connectivity index (χ1) is 18.3.